The number of hydrogen-bond acceptors (Lipinski definition) is 4. The maximum atomic E-state index is 8.36. The fraction of sp³-hybridized carbons (Fsp3) is 0.929. The molecule has 2 rings (SSSR count). The number of nitrogens with zero attached hydrogens (tertiary/aromatic N) is 2. The minimum atomic E-state index is -0.250. The molecule has 4 nitrogen and oxygen atoms in total. The summed E-state index contributed by atoms with van der Waals surface area (Å²) >= 11 is 1.92. The van der Waals surface area contributed by atoms with Gasteiger partial charge in [-0.3, -0.25) is 9.10 Å². The molecule has 5 heteroatoms. The van der Waals surface area contributed by atoms with Gasteiger partial charge in [0.05, 0.1) is 0 Å². The number of likely N-dealkylation sites (tertiary alicyclic amines) is 1. The summed E-state index contributed by atoms with van der Waals surface area (Å²) in [5.74, 6) is 2.06. The van der Waals surface area contributed by atoms with Crippen molar-refractivity contribution in [3.63, 3.8) is 0 Å². The lowest BCUT2D eigenvalue weighted by Crippen LogP contribution is -2.39. The van der Waals surface area contributed by atoms with E-state index in [-0.39, 0.29) is 6.47 Å². The van der Waals surface area contributed by atoms with Crippen LogP contribution in [0.15, 0.2) is 0 Å². The maximum absolute atomic E-state index is 8.36. The highest BCUT2D eigenvalue weighted by molar-refractivity contribution is 7.96. The second kappa shape index (κ2) is 9.61. The van der Waals surface area contributed by atoms with E-state index in [2.05, 4.69) is 22.4 Å². The molecule has 0 aromatic carbocycles. The molecule has 2 aliphatic rings. The van der Waals surface area contributed by atoms with E-state index < -0.39 is 0 Å². The van der Waals surface area contributed by atoms with E-state index in [1.54, 1.807) is 0 Å². The molecule has 0 aliphatic carbocycles. The number of rotatable bonds is 3. The van der Waals surface area contributed by atoms with Gasteiger partial charge in [0.15, 0.2) is 0 Å². The van der Waals surface area contributed by atoms with Gasteiger partial charge in [0, 0.05) is 13.1 Å². The first kappa shape index (κ1) is 16.8. The highest BCUT2D eigenvalue weighted by Gasteiger charge is 2.28. The third-order valence-electron chi connectivity index (χ3n) is 4.50. The van der Waals surface area contributed by atoms with E-state index in [0.29, 0.717) is 0 Å². The van der Waals surface area contributed by atoms with Gasteiger partial charge in [-0.2, -0.15) is 0 Å². The summed E-state index contributed by atoms with van der Waals surface area (Å²) in [7, 11) is 0. The molecule has 0 aromatic rings. The summed E-state index contributed by atoms with van der Waals surface area (Å²) in [5.41, 5.74) is 0. The first-order valence-electron chi connectivity index (χ1n) is 7.34. The van der Waals surface area contributed by atoms with Crippen molar-refractivity contribution in [3.05, 3.63) is 0 Å². The van der Waals surface area contributed by atoms with Gasteiger partial charge < -0.3 is 10.0 Å². The monoisotopic (exact) mass is 288 g/mol. The zero-order valence-corrected chi connectivity index (χ0v) is 13.1. The van der Waals surface area contributed by atoms with Crippen molar-refractivity contribution < 1.29 is 9.90 Å². The first-order valence-corrected chi connectivity index (χ1v) is 8.52. The molecular formula is C14H28N2O2S. The van der Waals surface area contributed by atoms with Crippen LogP contribution in [0.2, 0.25) is 0 Å². The second-order valence-corrected chi connectivity index (χ2v) is 6.21. The zero-order valence-electron chi connectivity index (χ0n) is 12.3. The molecule has 0 aromatic heterocycles. The second-order valence-electron chi connectivity index (χ2n) is 5.33. The standard InChI is InChI=1S/C13H26N2S.CH2O2/c1-3-14-8-4-12(5-9-14)13-6-10-15(16-2)11-7-13;2-1-3/h12-13H,3-11H2,1-2H3;1H,(H,2,3). The van der Waals surface area contributed by atoms with E-state index in [9.17, 15) is 0 Å². The minimum absolute atomic E-state index is 0.250. The molecule has 2 fully saturated rings. The molecule has 0 atom stereocenters. The summed E-state index contributed by atoms with van der Waals surface area (Å²) in [6.45, 7) is 8.63. The Labute approximate surface area is 121 Å². The van der Waals surface area contributed by atoms with Gasteiger partial charge in [0.1, 0.15) is 0 Å². The minimum Gasteiger partial charge on any atom is -0.483 e. The molecule has 2 saturated heterocycles. The molecule has 0 unspecified atom stereocenters. The molecule has 2 heterocycles. The largest absolute Gasteiger partial charge is 0.483 e. The predicted molar refractivity (Wildman–Crippen MR) is 81.3 cm³/mol. The number of carbonyl (C=O) groups is 1. The molecule has 112 valence electrons. The summed E-state index contributed by atoms with van der Waals surface area (Å²) < 4.78 is 2.53. The third kappa shape index (κ3) is 5.71. The van der Waals surface area contributed by atoms with E-state index >= 15 is 0 Å². The van der Waals surface area contributed by atoms with Crippen LogP contribution in [0.3, 0.4) is 0 Å². The average molecular weight is 288 g/mol. The van der Waals surface area contributed by atoms with Crippen molar-refractivity contribution in [2.24, 2.45) is 11.8 Å². The van der Waals surface area contributed by atoms with Crippen LogP contribution in [0.5, 0.6) is 0 Å². The SMILES string of the molecule is CCN1CCC(C2CCN(SC)CC2)CC1.O=CO. The lowest BCUT2D eigenvalue weighted by Gasteiger charge is -2.39. The molecule has 0 spiro atoms. The Balaban J connectivity index is 0.000000550. The van der Waals surface area contributed by atoms with Gasteiger partial charge in [-0.15, -0.1) is 0 Å². The van der Waals surface area contributed by atoms with Gasteiger partial charge in [-0.05, 0) is 63.4 Å². The Bertz CT molecular complexity index is 216. The van der Waals surface area contributed by atoms with Gasteiger partial charge in [-0.1, -0.05) is 18.9 Å². The summed E-state index contributed by atoms with van der Waals surface area (Å²) in [5, 5.41) is 6.89. The topological polar surface area (TPSA) is 43.8 Å². The van der Waals surface area contributed by atoms with Crippen LogP contribution in [-0.2, 0) is 4.79 Å². The van der Waals surface area contributed by atoms with Crippen molar-refractivity contribution in [1.29, 1.82) is 0 Å². The van der Waals surface area contributed by atoms with Crippen molar-refractivity contribution >= 4 is 18.4 Å². The molecule has 1 N–H and O–H groups in total. The fourth-order valence-electron chi connectivity index (χ4n) is 3.27. The number of piperidine rings is 2. The van der Waals surface area contributed by atoms with E-state index in [4.69, 9.17) is 9.90 Å². The average Bonchev–Trinajstić information content (AvgIpc) is 2.48. The first-order chi connectivity index (χ1) is 9.24. The molecule has 19 heavy (non-hydrogen) atoms. The number of hydrogen-bond donors (Lipinski definition) is 1. The van der Waals surface area contributed by atoms with Crippen LogP contribution in [0.4, 0.5) is 0 Å². The molecule has 0 saturated carbocycles. The van der Waals surface area contributed by atoms with Crippen LogP contribution in [0, 0.1) is 11.8 Å². The Morgan fingerprint density at radius 1 is 1.11 bits per heavy atom. The van der Waals surface area contributed by atoms with Crippen LogP contribution < -0.4 is 0 Å². The molecule has 0 amide bonds. The van der Waals surface area contributed by atoms with E-state index in [1.807, 2.05) is 11.9 Å². The normalized spacial score (nSPS) is 23.7. The van der Waals surface area contributed by atoms with Crippen LogP contribution in [-0.4, -0.2) is 59.8 Å². The molecule has 0 bridgehead atoms. The predicted octanol–water partition coefficient (Wildman–Crippen LogP) is 2.41. The fourth-order valence-corrected chi connectivity index (χ4v) is 3.85. The number of carboxylic acid groups (broad SMARTS) is 1. The van der Waals surface area contributed by atoms with Crippen LogP contribution in [0.1, 0.15) is 32.6 Å². The van der Waals surface area contributed by atoms with Gasteiger partial charge in [0.2, 0.25) is 0 Å². The van der Waals surface area contributed by atoms with Crippen molar-refractivity contribution in [2.75, 3.05) is 39.0 Å². The Hall–Kier alpha value is -0.260. The Kier molecular flexibility index (Phi) is 8.50. The highest BCUT2D eigenvalue weighted by Crippen LogP contribution is 2.33. The van der Waals surface area contributed by atoms with Crippen molar-refractivity contribution in [1.82, 2.24) is 9.21 Å². The highest BCUT2D eigenvalue weighted by atomic mass is 32.2. The lowest BCUT2D eigenvalue weighted by molar-refractivity contribution is -0.122. The molecule has 2 aliphatic heterocycles. The maximum Gasteiger partial charge on any atom is 0.290 e. The summed E-state index contributed by atoms with van der Waals surface area (Å²) in [4.78, 5) is 11.0. The van der Waals surface area contributed by atoms with Gasteiger partial charge in [-0.25, -0.2) is 0 Å². The Morgan fingerprint density at radius 2 is 1.53 bits per heavy atom. The lowest BCUT2D eigenvalue weighted by atomic mass is 9.79. The van der Waals surface area contributed by atoms with Crippen LogP contribution >= 0.6 is 11.9 Å². The third-order valence-corrected chi connectivity index (χ3v) is 5.38. The van der Waals surface area contributed by atoms with E-state index in [0.717, 1.165) is 11.8 Å². The zero-order chi connectivity index (χ0) is 14.1. The quantitative estimate of drug-likeness (QED) is 0.638. The Morgan fingerprint density at radius 3 is 1.89 bits per heavy atom. The van der Waals surface area contributed by atoms with Crippen LogP contribution in [0.25, 0.3) is 0 Å². The molecular weight excluding hydrogens is 260 g/mol. The van der Waals surface area contributed by atoms with Crippen molar-refractivity contribution in [2.45, 2.75) is 32.6 Å². The molecule has 0 radical (unpaired) electrons. The summed E-state index contributed by atoms with van der Waals surface area (Å²) in [6, 6.07) is 0. The van der Waals surface area contributed by atoms with E-state index in [1.165, 1.54) is 58.4 Å². The van der Waals surface area contributed by atoms with Gasteiger partial charge in [0.25, 0.3) is 6.47 Å². The smallest absolute Gasteiger partial charge is 0.290 e. The van der Waals surface area contributed by atoms with Crippen molar-refractivity contribution in [3.8, 4) is 0 Å². The van der Waals surface area contributed by atoms with Gasteiger partial charge >= 0.3 is 0 Å². The summed E-state index contributed by atoms with van der Waals surface area (Å²) in [6.07, 6.45) is 8.00.